The first-order chi connectivity index (χ1) is 4.06. The number of quaternary nitrogens is 1. The van der Waals surface area contributed by atoms with Crippen LogP contribution in [0.15, 0.2) is 0 Å². The minimum Gasteiger partial charge on any atom is -0.357 e. The number of hydrogen-bond acceptors (Lipinski definition) is 1. The number of rotatable bonds is 3. The van der Waals surface area contributed by atoms with Gasteiger partial charge < -0.3 is 5.73 Å². The van der Waals surface area contributed by atoms with Crippen LogP contribution in [0.3, 0.4) is 0 Å². The molecule has 0 fully saturated rings. The lowest BCUT2D eigenvalue weighted by molar-refractivity contribution is -0.376. The van der Waals surface area contributed by atoms with E-state index in [9.17, 15) is 13.2 Å². The van der Waals surface area contributed by atoms with E-state index in [0.717, 1.165) is 0 Å². The molecule has 0 amide bonds. The van der Waals surface area contributed by atoms with E-state index in [0.29, 0.717) is 13.0 Å². The Bertz CT molecular complexity index is 72.7. The van der Waals surface area contributed by atoms with Crippen LogP contribution in [0.5, 0.6) is 0 Å². The Kier molecular flexibility index (Phi) is 3.56. The number of ether oxygens (including phenoxy) is 1. The van der Waals surface area contributed by atoms with E-state index in [4.69, 9.17) is 0 Å². The third-order valence-corrected chi connectivity index (χ3v) is 0.660. The summed E-state index contributed by atoms with van der Waals surface area (Å²) in [4.78, 5) is 0. The van der Waals surface area contributed by atoms with Crippen LogP contribution in [-0.2, 0) is 4.74 Å². The van der Waals surface area contributed by atoms with Gasteiger partial charge in [0, 0.05) is 6.42 Å². The molecule has 9 heavy (non-hydrogen) atoms. The van der Waals surface area contributed by atoms with Gasteiger partial charge in [-0.1, -0.05) is 0 Å². The molecule has 0 aromatic carbocycles. The quantitative estimate of drug-likeness (QED) is 0.562. The lowest BCUT2D eigenvalue weighted by Crippen LogP contribution is -2.50. The van der Waals surface area contributed by atoms with Gasteiger partial charge in [-0.2, -0.15) is 0 Å². The molecule has 0 heterocycles. The third kappa shape index (κ3) is 7.71. The van der Waals surface area contributed by atoms with Crippen molar-refractivity contribution in [3.8, 4) is 0 Å². The fourth-order valence-corrected chi connectivity index (χ4v) is 0.290. The minimum absolute atomic E-state index is 0.285. The van der Waals surface area contributed by atoms with Crippen molar-refractivity contribution in [2.45, 2.75) is 12.8 Å². The molecule has 56 valence electrons. The molecule has 5 heteroatoms. The topological polar surface area (TPSA) is 36.9 Å². The zero-order valence-electron chi connectivity index (χ0n) is 4.87. The molecule has 0 radical (unpaired) electrons. The second kappa shape index (κ2) is 3.68. The Balaban J connectivity index is 3.07. The van der Waals surface area contributed by atoms with Gasteiger partial charge in [-0.05, 0) is 0 Å². The van der Waals surface area contributed by atoms with Crippen LogP contribution >= 0.6 is 0 Å². The second-order valence-corrected chi connectivity index (χ2v) is 1.50. The maximum absolute atomic E-state index is 11.1. The fourth-order valence-electron chi connectivity index (χ4n) is 0.290. The molecule has 0 aliphatic heterocycles. The molecule has 0 aromatic rings. The monoisotopic (exact) mass is 144 g/mol. The third-order valence-electron chi connectivity index (χ3n) is 0.660. The van der Waals surface area contributed by atoms with Gasteiger partial charge in [0.05, 0.1) is 13.2 Å². The summed E-state index contributed by atoms with van der Waals surface area (Å²) in [6.45, 7) is 0.184. The fraction of sp³-hybridized carbons (Fsp3) is 1.00. The van der Waals surface area contributed by atoms with Gasteiger partial charge in [0.1, 0.15) is 0 Å². The first-order valence-corrected chi connectivity index (χ1v) is 2.56. The molecular weight excluding hydrogens is 135 g/mol. The van der Waals surface area contributed by atoms with Gasteiger partial charge in [0.2, 0.25) is 0 Å². The first-order valence-electron chi connectivity index (χ1n) is 2.56. The highest BCUT2D eigenvalue weighted by molar-refractivity contribution is 4.31. The summed E-state index contributed by atoms with van der Waals surface area (Å²) in [5, 5.41) is 0. The van der Waals surface area contributed by atoms with Crippen LogP contribution in [0.25, 0.3) is 0 Å². The van der Waals surface area contributed by atoms with Gasteiger partial charge in [0.15, 0.2) is 0 Å². The van der Waals surface area contributed by atoms with Crippen LogP contribution in [0.1, 0.15) is 6.42 Å². The van der Waals surface area contributed by atoms with Crippen molar-refractivity contribution in [1.82, 2.24) is 0 Å². The van der Waals surface area contributed by atoms with Crippen LogP contribution in [0.2, 0.25) is 0 Å². The van der Waals surface area contributed by atoms with Gasteiger partial charge in [-0.3, -0.25) is 4.74 Å². The maximum Gasteiger partial charge on any atom is 0.522 e. The van der Waals surface area contributed by atoms with E-state index in [1.54, 1.807) is 0 Å². The summed E-state index contributed by atoms with van der Waals surface area (Å²) in [6.07, 6.45) is -4.13. The average Bonchev–Trinajstić information content (AvgIpc) is 1.63. The van der Waals surface area contributed by atoms with Crippen molar-refractivity contribution in [2.75, 3.05) is 13.2 Å². The van der Waals surface area contributed by atoms with E-state index in [2.05, 4.69) is 10.5 Å². The molecule has 0 aliphatic carbocycles. The summed E-state index contributed by atoms with van der Waals surface area (Å²) in [5.41, 5.74) is 3.36. The van der Waals surface area contributed by atoms with E-state index < -0.39 is 6.36 Å². The van der Waals surface area contributed by atoms with E-state index in [-0.39, 0.29) is 6.61 Å². The lowest BCUT2D eigenvalue weighted by atomic mass is 10.5. The standard InChI is InChI=1S/C4H8F3NO/c5-4(6,7)9-3-1-2-8/h1-3,8H2/p+1. The minimum atomic E-state index is -4.48. The van der Waals surface area contributed by atoms with Gasteiger partial charge in [-0.15, -0.1) is 13.2 Å². The van der Waals surface area contributed by atoms with Gasteiger partial charge in [0.25, 0.3) is 0 Å². The summed E-state index contributed by atoms with van der Waals surface area (Å²) < 4.78 is 36.8. The Labute approximate surface area is 50.8 Å². The van der Waals surface area contributed by atoms with E-state index in [1.165, 1.54) is 0 Å². The predicted molar refractivity (Wildman–Crippen MR) is 24.4 cm³/mol. The highest BCUT2D eigenvalue weighted by Crippen LogP contribution is 2.15. The predicted octanol–water partition coefficient (Wildman–Crippen LogP) is 0.155. The maximum atomic E-state index is 11.1. The molecule has 0 bridgehead atoms. The second-order valence-electron chi connectivity index (χ2n) is 1.50. The smallest absolute Gasteiger partial charge is 0.357 e. The first kappa shape index (κ1) is 8.71. The molecule has 0 aliphatic rings. The number of halogens is 3. The highest BCUT2D eigenvalue weighted by atomic mass is 19.4. The van der Waals surface area contributed by atoms with Crippen LogP contribution in [0, 0.1) is 0 Å². The van der Waals surface area contributed by atoms with Crippen molar-refractivity contribution in [3.05, 3.63) is 0 Å². The largest absolute Gasteiger partial charge is 0.522 e. The van der Waals surface area contributed by atoms with Crippen LogP contribution in [0.4, 0.5) is 13.2 Å². The SMILES string of the molecule is [NH3+]CCCOC(F)(F)F. The summed E-state index contributed by atoms with van der Waals surface area (Å²) in [6, 6.07) is 0. The molecular formula is C4H9F3NO+. The van der Waals surface area contributed by atoms with Gasteiger partial charge in [-0.25, -0.2) is 0 Å². The lowest BCUT2D eigenvalue weighted by Gasteiger charge is -2.04. The Morgan fingerprint density at radius 3 is 2.22 bits per heavy atom. The number of hydrogen-bond donors (Lipinski definition) is 1. The summed E-state index contributed by atoms with van der Waals surface area (Å²) in [7, 11) is 0. The summed E-state index contributed by atoms with van der Waals surface area (Å²) in [5.74, 6) is 0. The molecule has 2 nitrogen and oxygen atoms in total. The average molecular weight is 144 g/mol. The Hall–Kier alpha value is -0.290. The molecule has 0 saturated carbocycles. The molecule has 0 unspecified atom stereocenters. The van der Waals surface area contributed by atoms with E-state index >= 15 is 0 Å². The van der Waals surface area contributed by atoms with Crippen molar-refractivity contribution in [3.63, 3.8) is 0 Å². The van der Waals surface area contributed by atoms with Crippen molar-refractivity contribution >= 4 is 0 Å². The normalized spacial score (nSPS) is 12.0. The molecule has 0 spiro atoms. The zero-order valence-corrected chi connectivity index (χ0v) is 4.87. The molecule has 0 aromatic heterocycles. The highest BCUT2D eigenvalue weighted by Gasteiger charge is 2.28. The van der Waals surface area contributed by atoms with Crippen molar-refractivity contribution in [1.29, 1.82) is 0 Å². The zero-order chi connectivity index (χ0) is 7.33. The van der Waals surface area contributed by atoms with Crippen LogP contribution < -0.4 is 5.73 Å². The van der Waals surface area contributed by atoms with E-state index in [1.807, 2.05) is 0 Å². The van der Waals surface area contributed by atoms with Gasteiger partial charge >= 0.3 is 6.36 Å². The van der Waals surface area contributed by atoms with Crippen molar-refractivity contribution in [2.24, 2.45) is 0 Å². The van der Waals surface area contributed by atoms with Crippen molar-refractivity contribution < 1.29 is 23.6 Å². The molecule has 3 N–H and O–H groups in total. The Morgan fingerprint density at radius 1 is 1.33 bits per heavy atom. The van der Waals surface area contributed by atoms with Crippen LogP contribution in [-0.4, -0.2) is 19.5 Å². The number of alkyl halides is 3. The molecule has 0 saturated heterocycles. The Morgan fingerprint density at radius 2 is 1.89 bits per heavy atom. The molecule has 0 atom stereocenters. The summed E-state index contributed by atoms with van der Waals surface area (Å²) >= 11 is 0. The molecule has 0 rings (SSSR count).